The Morgan fingerprint density at radius 1 is 1.05 bits per heavy atom. The van der Waals surface area contributed by atoms with E-state index in [9.17, 15) is 4.79 Å². The van der Waals surface area contributed by atoms with Crippen molar-refractivity contribution in [3.8, 4) is 0 Å². The van der Waals surface area contributed by atoms with Crippen LogP contribution in [0.25, 0.3) is 0 Å². The zero-order valence-corrected chi connectivity index (χ0v) is 11.5. The van der Waals surface area contributed by atoms with Crippen molar-refractivity contribution in [3.63, 3.8) is 0 Å². The summed E-state index contributed by atoms with van der Waals surface area (Å²) in [5.41, 5.74) is 3.42. The van der Waals surface area contributed by atoms with Crippen LogP contribution in [0.15, 0.2) is 48.5 Å². The SMILES string of the molecule is CN(C)c1ccc([C@H]2Nc3ccccc3C(=O)O2)cc1. The molecule has 1 heterocycles. The smallest absolute Gasteiger partial charge is 0.342 e. The Hall–Kier alpha value is -2.49. The molecule has 1 atom stereocenters. The van der Waals surface area contributed by atoms with Gasteiger partial charge in [-0.1, -0.05) is 24.3 Å². The molecule has 1 aliphatic rings. The van der Waals surface area contributed by atoms with Crippen molar-refractivity contribution in [2.75, 3.05) is 24.3 Å². The molecule has 0 amide bonds. The molecule has 0 bridgehead atoms. The van der Waals surface area contributed by atoms with Gasteiger partial charge in [-0.15, -0.1) is 0 Å². The Bertz CT molecular complexity index is 635. The van der Waals surface area contributed by atoms with Gasteiger partial charge in [-0.2, -0.15) is 0 Å². The van der Waals surface area contributed by atoms with Crippen LogP contribution in [0.5, 0.6) is 0 Å². The van der Waals surface area contributed by atoms with Crippen LogP contribution in [0.3, 0.4) is 0 Å². The highest BCUT2D eigenvalue weighted by atomic mass is 16.6. The number of benzene rings is 2. The van der Waals surface area contributed by atoms with Crippen molar-refractivity contribution in [1.82, 2.24) is 0 Å². The molecule has 0 saturated carbocycles. The molecule has 2 aromatic carbocycles. The zero-order chi connectivity index (χ0) is 14.1. The minimum absolute atomic E-state index is 0.291. The maximum atomic E-state index is 12.0. The summed E-state index contributed by atoms with van der Waals surface area (Å²) in [5.74, 6) is -0.291. The van der Waals surface area contributed by atoms with E-state index in [2.05, 4.69) is 5.32 Å². The first-order valence-corrected chi connectivity index (χ1v) is 6.49. The lowest BCUT2D eigenvalue weighted by Crippen LogP contribution is -2.25. The predicted molar refractivity (Wildman–Crippen MR) is 79.0 cm³/mol. The lowest BCUT2D eigenvalue weighted by atomic mass is 10.1. The molecular formula is C16H16N2O2. The van der Waals surface area contributed by atoms with E-state index in [0.717, 1.165) is 16.9 Å². The average Bonchev–Trinajstić information content (AvgIpc) is 2.47. The predicted octanol–water partition coefficient (Wildman–Crippen LogP) is 3.03. The highest BCUT2D eigenvalue weighted by Crippen LogP contribution is 2.30. The van der Waals surface area contributed by atoms with Crippen LogP contribution in [0, 0.1) is 0 Å². The standard InChI is InChI=1S/C16H16N2O2/c1-18(2)12-9-7-11(8-10-12)15-17-14-6-4-3-5-13(14)16(19)20-15/h3-10,15,17H,1-2H3/t15-/m0/s1. The van der Waals surface area contributed by atoms with Crippen molar-refractivity contribution < 1.29 is 9.53 Å². The minimum atomic E-state index is -0.436. The molecule has 0 aliphatic carbocycles. The van der Waals surface area contributed by atoms with E-state index in [1.54, 1.807) is 6.07 Å². The third kappa shape index (κ3) is 2.20. The fourth-order valence-electron chi connectivity index (χ4n) is 2.23. The first-order valence-electron chi connectivity index (χ1n) is 6.49. The van der Waals surface area contributed by atoms with E-state index in [0.29, 0.717) is 5.56 Å². The molecule has 0 radical (unpaired) electrons. The Morgan fingerprint density at radius 2 is 1.75 bits per heavy atom. The van der Waals surface area contributed by atoms with Gasteiger partial charge in [0.25, 0.3) is 0 Å². The van der Waals surface area contributed by atoms with Gasteiger partial charge in [-0.05, 0) is 24.3 Å². The number of ether oxygens (including phenoxy) is 1. The van der Waals surface area contributed by atoms with E-state index in [4.69, 9.17) is 4.74 Å². The number of hydrogen-bond donors (Lipinski definition) is 1. The summed E-state index contributed by atoms with van der Waals surface area (Å²) >= 11 is 0. The maximum Gasteiger partial charge on any atom is 0.342 e. The van der Waals surface area contributed by atoms with Gasteiger partial charge in [-0.25, -0.2) is 4.79 Å². The maximum absolute atomic E-state index is 12.0. The van der Waals surface area contributed by atoms with Crippen LogP contribution in [-0.2, 0) is 4.74 Å². The van der Waals surface area contributed by atoms with Crippen molar-refractivity contribution in [3.05, 3.63) is 59.7 Å². The first kappa shape index (κ1) is 12.5. The van der Waals surface area contributed by atoms with Gasteiger partial charge in [0.2, 0.25) is 0 Å². The van der Waals surface area contributed by atoms with Crippen LogP contribution >= 0.6 is 0 Å². The third-order valence-corrected chi connectivity index (χ3v) is 3.37. The first-order chi connectivity index (χ1) is 9.65. The van der Waals surface area contributed by atoms with Gasteiger partial charge in [0, 0.05) is 25.3 Å². The van der Waals surface area contributed by atoms with Crippen LogP contribution < -0.4 is 10.2 Å². The molecular weight excluding hydrogens is 252 g/mol. The number of rotatable bonds is 2. The summed E-state index contributed by atoms with van der Waals surface area (Å²) in [5, 5.41) is 3.24. The van der Waals surface area contributed by atoms with Gasteiger partial charge in [0.1, 0.15) is 0 Å². The number of carbonyl (C=O) groups excluding carboxylic acids is 1. The monoisotopic (exact) mass is 268 g/mol. The van der Waals surface area contributed by atoms with Crippen molar-refractivity contribution >= 4 is 17.3 Å². The molecule has 102 valence electrons. The topological polar surface area (TPSA) is 41.6 Å². The molecule has 1 aliphatic heterocycles. The molecule has 4 nitrogen and oxygen atoms in total. The molecule has 20 heavy (non-hydrogen) atoms. The van der Waals surface area contributed by atoms with Crippen molar-refractivity contribution in [2.24, 2.45) is 0 Å². The van der Waals surface area contributed by atoms with Crippen LogP contribution in [0.1, 0.15) is 22.1 Å². The highest BCUT2D eigenvalue weighted by molar-refractivity contribution is 5.97. The fraction of sp³-hybridized carbons (Fsp3) is 0.188. The number of carbonyl (C=O) groups is 1. The number of anilines is 2. The fourth-order valence-corrected chi connectivity index (χ4v) is 2.23. The number of fused-ring (bicyclic) bond motifs is 1. The van der Waals surface area contributed by atoms with Crippen molar-refractivity contribution in [1.29, 1.82) is 0 Å². The summed E-state index contributed by atoms with van der Waals surface area (Å²) in [6.45, 7) is 0. The number of nitrogens with one attached hydrogen (secondary N) is 1. The number of nitrogens with zero attached hydrogens (tertiary/aromatic N) is 1. The second-order valence-electron chi connectivity index (χ2n) is 4.96. The molecule has 3 rings (SSSR count). The lowest BCUT2D eigenvalue weighted by molar-refractivity contribution is 0.0330. The molecule has 0 unspecified atom stereocenters. The van der Waals surface area contributed by atoms with E-state index in [1.165, 1.54) is 0 Å². The Morgan fingerprint density at radius 3 is 2.45 bits per heavy atom. The molecule has 0 saturated heterocycles. The number of hydrogen-bond acceptors (Lipinski definition) is 4. The Labute approximate surface area is 118 Å². The molecule has 4 heteroatoms. The molecule has 2 aromatic rings. The summed E-state index contributed by atoms with van der Waals surface area (Å²) < 4.78 is 5.44. The molecule has 0 aromatic heterocycles. The van der Waals surface area contributed by atoms with Crippen molar-refractivity contribution in [2.45, 2.75) is 6.23 Å². The van der Waals surface area contributed by atoms with E-state index in [1.807, 2.05) is 61.5 Å². The minimum Gasteiger partial charge on any atom is -0.434 e. The van der Waals surface area contributed by atoms with E-state index in [-0.39, 0.29) is 5.97 Å². The normalized spacial score (nSPS) is 16.9. The van der Waals surface area contributed by atoms with Gasteiger partial charge in [0.05, 0.1) is 11.3 Å². The molecule has 1 N–H and O–H groups in total. The molecule has 0 spiro atoms. The third-order valence-electron chi connectivity index (χ3n) is 3.37. The zero-order valence-electron chi connectivity index (χ0n) is 11.5. The summed E-state index contributed by atoms with van der Waals surface area (Å²) in [6, 6.07) is 15.3. The highest BCUT2D eigenvalue weighted by Gasteiger charge is 2.26. The largest absolute Gasteiger partial charge is 0.434 e. The molecule has 0 fully saturated rings. The number of esters is 1. The Balaban J connectivity index is 1.88. The van der Waals surface area contributed by atoms with Gasteiger partial charge >= 0.3 is 5.97 Å². The Kier molecular flexibility index (Phi) is 3.06. The van der Waals surface area contributed by atoms with Crippen LogP contribution in [-0.4, -0.2) is 20.1 Å². The number of cyclic esters (lactones) is 1. The van der Waals surface area contributed by atoms with Gasteiger partial charge < -0.3 is 15.0 Å². The lowest BCUT2D eigenvalue weighted by Gasteiger charge is -2.27. The van der Waals surface area contributed by atoms with Crippen LogP contribution in [0.2, 0.25) is 0 Å². The van der Waals surface area contributed by atoms with Gasteiger partial charge in [0.15, 0.2) is 6.23 Å². The summed E-state index contributed by atoms with van der Waals surface area (Å²) in [6.07, 6.45) is -0.436. The average molecular weight is 268 g/mol. The number of para-hydroxylation sites is 1. The van der Waals surface area contributed by atoms with Gasteiger partial charge in [-0.3, -0.25) is 0 Å². The van der Waals surface area contributed by atoms with E-state index >= 15 is 0 Å². The summed E-state index contributed by atoms with van der Waals surface area (Å²) in [7, 11) is 3.98. The second-order valence-corrected chi connectivity index (χ2v) is 4.96. The quantitative estimate of drug-likeness (QED) is 0.850. The summed E-state index contributed by atoms with van der Waals surface area (Å²) in [4.78, 5) is 14.0. The van der Waals surface area contributed by atoms with E-state index < -0.39 is 6.23 Å². The second kappa shape index (κ2) is 4.89. The van der Waals surface area contributed by atoms with Crippen LogP contribution in [0.4, 0.5) is 11.4 Å².